The third kappa shape index (κ3) is 4.49. The standard InChI is InChI=1S/C14H26N2O3/c1-4-14(19,5-2)10-15-13(18)12-7-6-8-16(9-12)11(3)17/h12,19H,4-10H2,1-3H3,(H,15,18). The lowest BCUT2D eigenvalue weighted by atomic mass is 9.95. The van der Waals surface area contributed by atoms with Gasteiger partial charge in [-0.2, -0.15) is 0 Å². The Morgan fingerprint density at radius 2 is 2.00 bits per heavy atom. The van der Waals surface area contributed by atoms with Crippen LogP contribution in [0.3, 0.4) is 0 Å². The molecule has 19 heavy (non-hydrogen) atoms. The average molecular weight is 270 g/mol. The molecule has 1 rings (SSSR count). The van der Waals surface area contributed by atoms with Crippen molar-refractivity contribution in [3.63, 3.8) is 0 Å². The van der Waals surface area contributed by atoms with E-state index in [0.29, 0.717) is 19.4 Å². The van der Waals surface area contributed by atoms with Gasteiger partial charge in [-0.15, -0.1) is 0 Å². The Morgan fingerprint density at radius 1 is 1.37 bits per heavy atom. The molecule has 0 aromatic rings. The number of rotatable bonds is 5. The van der Waals surface area contributed by atoms with Crippen molar-refractivity contribution in [2.75, 3.05) is 19.6 Å². The number of carbonyl (C=O) groups is 2. The van der Waals surface area contributed by atoms with Crippen LogP contribution in [0.1, 0.15) is 46.5 Å². The maximum Gasteiger partial charge on any atom is 0.225 e. The summed E-state index contributed by atoms with van der Waals surface area (Å²) in [6, 6.07) is 0. The van der Waals surface area contributed by atoms with E-state index in [1.165, 1.54) is 6.92 Å². The normalized spacial score (nSPS) is 20.2. The minimum Gasteiger partial charge on any atom is -0.388 e. The first-order valence-corrected chi connectivity index (χ1v) is 7.17. The van der Waals surface area contributed by atoms with Gasteiger partial charge in [0.2, 0.25) is 11.8 Å². The number of aliphatic hydroxyl groups is 1. The van der Waals surface area contributed by atoms with Crippen LogP contribution in [0.2, 0.25) is 0 Å². The highest BCUT2D eigenvalue weighted by molar-refractivity contribution is 5.80. The summed E-state index contributed by atoms with van der Waals surface area (Å²) in [5.74, 6) is -0.169. The molecule has 5 heteroatoms. The fourth-order valence-corrected chi connectivity index (χ4v) is 2.37. The minimum atomic E-state index is -0.815. The summed E-state index contributed by atoms with van der Waals surface area (Å²) < 4.78 is 0. The summed E-state index contributed by atoms with van der Waals surface area (Å²) in [7, 11) is 0. The van der Waals surface area contributed by atoms with Gasteiger partial charge in [0.15, 0.2) is 0 Å². The Hall–Kier alpha value is -1.10. The van der Waals surface area contributed by atoms with Crippen molar-refractivity contribution in [1.29, 1.82) is 0 Å². The van der Waals surface area contributed by atoms with Crippen LogP contribution in [0.25, 0.3) is 0 Å². The van der Waals surface area contributed by atoms with E-state index < -0.39 is 5.60 Å². The molecule has 1 heterocycles. The van der Waals surface area contributed by atoms with Gasteiger partial charge in [0, 0.05) is 26.6 Å². The number of likely N-dealkylation sites (tertiary alicyclic amines) is 1. The highest BCUT2D eigenvalue weighted by atomic mass is 16.3. The van der Waals surface area contributed by atoms with Crippen LogP contribution in [-0.2, 0) is 9.59 Å². The molecule has 0 radical (unpaired) electrons. The Morgan fingerprint density at radius 3 is 2.53 bits per heavy atom. The Kier molecular flexibility index (Phi) is 5.79. The van der Waals surface area contributed by atoms with Gasteiger partial charge in [-0.1, -0.05) is 13.8 Å². The Bertz CT molecular complexity index is 327. The second-order valence-electron chi connectivity index (χ2n) is 5.45. The molecule has 110 valence electrons. The molecule has 1 aliphatic heterocycles. The van der Waals surface area contributed by atoms with E-state index in [9.17, 15) is 14.7 Å². The van der Waals surface area contributed by atoms with Crippen molar-refractivity contribution in [2.45, 2.75) is 52.1 Å². The molecule has 2 amide bonds. The number of piperidine rings is 1. The van der Waals surface area contributed by atoms with Gasteiger partial charge in [0.1, 0.15) is 0 Å². The first kappa shape index (κ1) is 16.0. The Labute approximate surface area is 115 Å². The van der Waals surface area contributed by atoms with E-state index in [1.807, 2.05) is 13.8 Å². The molecule has 1 fully saturated rings. The number of hydrogen-bond donors (Lipinski definition) is 2. The topological polar surface area (TPSA) is 69.6 Å². The SMILES string of the molecule is CCC(O)(CC)CNC(=O)C1CCCN(C(C)=O)C1. The summed E-state index contributed by atoms with van der Waals surface area (Å²) in [5, 5.41) is 13.0. The van der Waals surface area contributed by atoms with Gasteiger partial charge in [-0.3, -0.25) is 9.59 Å². The quantitative estimate of drug-likeness (QED) is 0.780. The molecule has 0 bridgehead atoms. The van der Waals surface area contributed by atoms with Crippen molar-refractivity contribution in [2.24, 2.45) is 5.92 Å². The predicted octanol–water partition coefficient (Wildman–Crippen LogP) is 0.912. The summed E-state index contributed by atoms with van der Waals surface area (Å²) >= 11 is 0. The zero-order valence-corrected chi connectivity index (χ0v) is 12.2. The van der Waals surface area contributed by atoms with E-state index in [4.69, 9.17) is 0 Å². The second kappa shape index (κ2) is 6.89. The van der Waals surface area contributed by atoms with Crippen molar-refractivity contribution < 1.29 is 14.7 Å². The number of amides is 2. The first-order chi connectivity index (χ1) is 8.91. The molecule has 0 spiro atoms. The fraction of sp³-hybridized carbons (Fsp3) is 0.857. The lowest BCUT2D eigenvalue weighted by Gasteiger charge is -2.32. The van der Waals surface area contributed by atoms with Crippen molar-refractivity contribution in [1.82, 2.24) is 10.2 Å². The van der Waals surface area contributed by atoms with Crippen molar-refractivity contribution in [3.8, 4) is 0 Å². The van der Waals surface area contributed by atoms with Crippen LogP contribution < -0.4 is 5.32 Å². The lowest BCUT2D eigenvalue weighted by molar-refractivity contribution is -0.134. The summed E-state index contributed by atoms with van der Waals surface area (Å²) in [5.41, 5.74) is -0.815. The van der Waals surface area contributed by atoms with Crippen LogP contribution >= 0.6 is 0 Å². The lowest BCUT2D eigenvalue weighted by Crippen LogP contribution is -2.48. The number of hydrogen-bond acceptors (Lipinski definition) is 3. The molecule has 1 atom stereocenters. The van der Waals surface area contributed by atoms with Crippen molar-refractivity contribution in [3.05, 3.63) is 0 Å². The third-order valence-electron chi connectivity index (χ3n) is 4.15. The van der Waals surface area contributed by atoms with Gasteiger partial charge in [-0.25, -0.2) is 0 Å². The number of carbonyl (C=O) groups excluding carboxylic acids is 2. The summed E-state index contributed by atoms with van der Waals surface area (Å²) in [6.45, 7) is 6.88. The highest BCUT2D eigenvalue weighted by Gasteiger charge is 2.29. The highest BCUT2D eigenvalue weighted by Crippen LogP contribution is 2.18. The van der Waals surface area contributed by atoms with Gasteiger partial charge < -0.3 is 15.3 Å². The monoisotopic (exact) mass is 270 g/mol. The van der Waals surface area contributed by atoms with E-state index in [0.717, 1.165) is 19.4 Å². The molecule has 1 aliphatic rings. The largest absolute Gasteiger partial charge is 0.388 e. The molecule has 1 saturated heterocycles. The molecule has 0 aromatic carbocycles. The fourth-order valence-electron chi connectivity index (χ4n) is 2.37. The van der Waals surface area contributed by atoms with Crippen LogP contribution in [-0.4, -0.2) is 47.1 Å². The maximum atomic E-state index is 12.1. The van der Waals surface area contributed by atoms with Crippen LogP contribution in [0.4, 0.5) is 0 Å². The molecule has 0 aliphatic carbocycles. The smallest absolute Gasteiger partial charge is 0.225 e. The van der Waals surface area contributed by atoms with Crippen LogP contribution in [0.15, 0.2) is 0 Å². The second-order valence-corrected chi connectivity index (χ2v) is 5.45. The molecule has 5 nitrogen and oxygen atoms in total. The van der Waals surface area contributed by atoms with Crippen LogP contribution in [0, 0.1) is 5.92 Å². The maximum absolute atomic E-state index is 12.1. The van der Waals surface area contributed by atoms with Gasteiger partial charge in [-0.05, 0) is 25.7 Å². The molecular weight excluding hydrogens is 244 g/mol. The van der Waals surface area contributed by atoms with Crippen molar-refractivity contribution >= 4 is 11.8 Å². The summed E-state index contributed by atoms with van der Waals surface area (Å²) in [6.07, 6.45) is 2.91. The number of nitrogens with one attached hydrogen (secondary N) is 1. The zero-order chi connectivity index (χ0) is 14.5. The average Bonchev–Trinajstić information content (AvgIpc) is 2.44. The van der Waals surface area contributed by atoms with Gasteiger partial charge in [0.05, 0.1) is 11.5 Å². The van der Waals surface area contributed by atoms with E-state index in [-0.39, 0.29) is 24.3 Å². The number of nitrogens with zero attached hydrogens (tertiary/aromatic N) is 1. The van der Waals surface area contributed by atoms with Crippen LogP contribution in [0.5, 0.6) is 0 Å². The first-order valence-electron chi connectivity index (χ1n) is 7.17. The Balaban J connectivity index is 2.47. The molecule has 0 aromatic heterocycles. The predicted molar refractivity (Wildman–Crippen MR) is 73.5 cm³/mol. The molecule has 0 saturated carbocycles. The zero-order valence-electron chi connectivity index (χ0n) is 12.2. The molecular formula is C14H26N2O3. The third-order valence-corrected chi connectivity index (χ3v) is 4.15. The summed E-state index contributed by atoms with van der Waals surface area (Å²) in [4.78, 5) is 25.1. The molecule has 1 unspecified atom stereocenters. The van der Waals surface area contributed by atoms with E-state index >= 15 is 0 Å². The van der Waals surface area contributed by atoms with E-state index in [2.05, 4.69) is 5.32 Å². The molecule has 2 N–H and O–H groups in total. The van der Waals surface area contributed by atoms with Gasteiger partial charge >= 0.3 is 0 Å². The van der Waals surface area contributed by atoms with Gasteiger partial charge in [0.25, 0.3) is 0 Å². The minimum absolute atomic E-state index is 0.0242. The van der Waals surface area contributed by atoms with E-state index in [1.54, 1.807) is 4.90 Å².